The van der Waals surface area contributed by atoms with E-state index in [0.29, 0.717) is 12.6 Å². The first-order chi connectivity index (χ1) is 10.1. The first-order valence-corrected chi connectivity index (χ1v) is 8.73. The molecule has 1 fully saturated rings. The van der Waals surface area contributed by atoms with Gasteiger partial charge in [-0.3, -0.25) is 0 Å². The van der Waals surface area contributed by atoms with Crippen molar-refractivity contribution < 1.29 is 4.74 Å². The molecule has 1 aromatic carbocycles. The van der Waals surface area contributed by atoms with Gasteiger partial charge in [0.2, 0.25) is 0 Å². The molecule has 0 bridgehead atoms. The maximum Gasteiger partial charge on any atom is 0.125 e. The molecule has 21 heavy (non-hydrogen) atoms. The number of benzene rings is 1. The van der Waals surface area contributed by atoms with Gasteiger partial charge in [-0.05, 0) is 76.0 Å². The Kier molecular flexibility index (Phi) is 6.52. The zero-order valence-corrected chi connectivity index (χ0v) is 14.8. The molecule has 1 unspecified atom stereocenters. The van der Waals surface area contributed by atoms with E-state index < -0.39 is 0 Å². The van der Waals surface area contributed by atoms with Crippen molar-refractivity contribution in [1.82, 2.24) is 4.90 Å². The molecule has 2 rings (SSSR count). The summed E-state index contributed by atoms with van der Waals surface area (Å²) in [7, 11) is 2.23. The highest BCUT2D eigenvalue weighted by atomic mass is 79.9. The summed E-state index contributed by atoms with van der Waals surface area (Å²) in [6.07, 6.45) is 5.95. The Morgan fingerprint density at radius 2 is 2.19 bits per heavy atom. The smallest absolute Gasteiger partial charge is 0.125 e. The fourth-order valence-corrected chi connectivity index (χ4v) is 3.77. The molecule has 0 spiro atoms. The van der Waals surface area contributed by atoms with Crippen LogP contribution in [0.5, 0.6) is 5.75 Å². The second-order valence-corrected chi connectivity index (χ2v) is 6.93. The molecule has 0 radical (unpaired) electrons. The van der Waals surface area contributed by atoms with Crippen molar-refractivity contribution in [1.29, 1.82) is 0 Å². The second-order valence-electron chi connectivity index (χ2n) is 6.02. The van der Waals surface area contributed by atoms with Crippen molar-refractivity contribution in [3.8, 4) is 5.75 Å². The molecule has 118 valence electrons. The van der Waals surface area contributed by atoms with E-state index in [2.05, 4.69) is 46.9 Å². The average Bonchev–Trinajstić information content (AvgIpc) is 2.44. The number of nitrogens with zero attached hydrogens (tertiary/aromatic N) is 1. The summed E-state index contributed by atoms with van der Waals surface area (Å²) >= 11 is 3.55. The molecule has 1 aliphatic rings. The van der Waals surface area contributed by atoms with Gasteiger partial charge in [0, 0.05) is 10.5 Å². The van der Waals surface area contributed by atoms with Crippen LogP contribution in [0.15, 0.2) is 16.6 Å². The lowest BCUT2D eigenvalue weighted by Crippen LogP contribution is -2.37. The predicted molar refractivity (Wildman–Crippen MR) is 92.0 cm³/mol. The summed E-state index contributed by atoms with van der Waals surface area (Å²) < 4.78 is 7.22. The van der Waals surface area contributed by atoms with E-state index in [4.69, 9.17) is 10.5 Å². The van der Waals surface area contributed by atoms with Crippen molar-refractivity contribution in [2.24, 2.45) is 5.73 Å². The molecule has 2 N–H and O–H groups in total. The van der Waals surface area contributed by atoms with E-state index in [1.165, 1.54) is 36.9 Å². The Morgan fingerprint density at radius 1 is 1.38 bits per heavy atom. The normalized spacial score (nSPS) is 19.7. The summed E-state index contributed by atoms with van der Waals surface area (Å²) in [5, 5.41) is 0. The monoisotopic (exact) mass is 354 g/mol. The van der Waals surface area contributed by atoms with Crippen molar-refractivity contribution in [2.75, 3.05) is 26.7 Å². The van der Waals surface area contributed by atoms with Gasteiger partial charge < -0.3 is 15.4 Å². The fourth-order valence-electron chi connectivity index (χ4n) is 3.15. The van der Waals surface area contributed by atoms with E-state index in [-0.39, 0.29) is 0 Å². The van der Waals surface area contributed by atoms with Gasteiger partial charge in [0.15, 0.2) is 0 Å². The standard InChI is InChI=1S/C17H27BrN2O/c1-13-11-15(18)12-14(6-8-19)17(13)21-10-7-16-5-3-4-9-20(16)2/h11-12,16H,3-10,19H2,1-2H3. The lowest BCUT2D eigenvalue weighted by molar-refractivity contribution is 0.152. The number of halogens is 1. The third-order valence-corrected chi connectivity index (χ3v) is 4.81. The molecule has 0 amide bonds. The summed E-state index contributed by atoms with van der Waals surface area (Å²) in [5.74, 6) is 1.03. The Morgan fingerprint density at radius 3 is 2.90 bits per heavy atom. The van der Waals surface area contributed by atoms with Crippen molar-refractivity contribution in [3.05, 3.63) is 27.7 Å². The maximum absolute atomic E-state index is 6.12. The highest BCUT2D eigenvalue weighted by molar-refractivity contribution is 9.10. The lowest BCUT2D eigenvalue weighted by atomic mass is 10.0. The summed E-state index contributed by atoms with van der Waals surface area (Å²) in [6, 6.07) is 4.91. The number of nitrogens with two attached hydrogens (primary N) is 1. The van der Waals surface area contributed by atoms with Crippen LogP contribution in [0.3, 0.4) is 0 Å². The van der Waals surface area contributed by atoms with Crippen LogP contribution in [0, 0.1) is 6.92 Å². The minimum absolute atomic E-state index is 0.650. The lowest BCUT2D eigenvalue weighted by Gasteiger charge is -2.32. The van der Waals surface area contributed by atoms with Gasteiger partial charge in [-0.25, -0.2) is 0 Å². The quantitative estimate of drug-likeness (QED) is 0.849. The average molecular weight is 355 g/mol. The molecule has 4 heteroatoms. The molecule has 1 saturated heterocycles. The van der Waals surface area contributed by atoms with E-state index in [1.807, 2.05) is 0 Å². The van der Waals surface area contributed by atoms with Gasteiger partial charge in [0.05, 0.1) is 6.61 Å². The number of piperidine rings is 1. The van der Waals surface area contributed by atoms with Crippen LogP contribution in [0.2, 0.25) is 0 Å². The Bertz CT molecular complexity index is 464. The number of aryl methyl sites for hydroxylation is 1. The molecule has 1 aliphatic heterocycles. The molecule has 1 aromatic rings. The van der Waals surface area contributed by atoms with Crippen LogP contribution >= 0.6 is 15.9 Å². The third-order valence-electron chi connectivity index (χ3n) is 4.35. The number of hydrogen-bond acceptors (Lipinski definition) is 3. The number of ether oxygens (including phenoxy) is 1. The van der Waals surface area contributed by atoms with E-state index >= 15 is 0 Å². The van der Waals surface area contributed by atoms with E-state index in [0.717, 1.165) is 29.7 Å². The van der Waals surface area contributed by atoms with Crippen LogP contribution in [0.4, 0.5) is 0 Å². The minimum Gasteiger partial charge on any atom is -0.493 e. The fraction of sp³-hybridized carbons (Fsp3) is 0.647. The van der Waals surface area contributed by atoms with E-state index in [9.17, 15) is 0 Å². The van der Waals surface area contributed by atoms with Crippen molar-refractivity contribution in [3.63, 3.8) is 0 Å². The summed E-state index contributed by atoms with van der Waals surface area (Å²) in [5.41, 5.74) is 8.11. The number of rotatable bonds is 6. The van der Waals surface area contributed by atoms with Crippen LogP contribution < -0.4 is 10.5 Å². The highest BCUT2D eigenvalue weighted by Gasteiger charge is 2.19. The topological polar surface area (TPSA) is 38.5 Å². The highest BCUT2D eigenvalue weighted by Crippen LogP contribution is 2.29. The Labute approximate surface area is 137 Å². The minimum atomic E-state index is 0.650. The molecule has 1 atom stereocenters. The van der Waals surface area contributed by atoms with Crippen LogP contribution in [0.1, 0.15) is 36.8 Å². The Hall–Kier alpha value is -0.580. The van der Waals surface area contributed by atoms with E-state index in [1.54, 1.807) is 0 Å². The molecule has 0 aliphatic carbocycles. The zero-order valence-electron chi connectivity index (χ0n) is 13.2. The predicted octanol–water partition coefficient (Wildman–Crippen LogP) is 3.51. The molecule has 0 aromatic heterocycles. The summed E-state index contributed by atoms with van der Waals surface area (Å²) in [4.78, 5) is 2.47. The first-order valence-electron chi connectivity index (χ1n) is 7.94. The zero-order chi connectivity index (χ0) is 15.2. The SMILES string of the molecule is Cc1cc(Br)cc(CCN)c1OCCC1CCCCN1C. The molecule has 1 heterocycles. The van der Waals surface area contributed by atoms with Crippen molar-refractivity contribution >= 4 is 15.9 Å². The van der Waals surface area contributed by atoms with Crippen LogP contribution in [-0.2, 0) is 6.42 Å². The van der Waals surface area contributed by atoms with Gasteiger partial charge in [0.1, 0.15) is 5.75 Å². The van der Waals surface area contributed by atoms with Crippen LogP contribution in [-0.4, -0.2) is 37.7 Å². The van der Waals surface area contributed by atoms with Gasteiger partial charge in [0.25, 0.3) is 0 Å². The number of likely N-dealkylation sites (tertiary alicyclic amines) is 1. The Balaban J connectivity index is 1.95. The first kappa shape index (κ1) is 16.8. The molecule has 3 nitrogen and oxygen atoms in total. The maximum atomic E-state index is 6.12. The van der Waals surface area contributed by atoms with Crippen molar-refractivity contribution in [2.45, 2.75) is 45.1 Å². The number of hydrogen-bond donors (Lipinski definition) is 1. The van der Waals surface area contributed by atoms with Gasteiger partial charge in [-0.2, -0.15) is 0 Å². The van der Waals surface area contributed by atoms with Gasteiger partial charge in [-0.1, -0.05) is 22.4 Å². The van der Waals surface area contributed by atoms with Crippen LogP contribution in [0.25, 0.3) is 0 Å². The molecule has 0 saturated carbocycles. The second kappa shape index (κ2) is 8.16. The molecular weight excluding hydrogens is 328 g/mol. The third kappa shape index (κ3) is 4.70. The van der Waals surface area contributed by atoms with Gasteiger partial charge >= 0.3 is 0 Å². The molecular formula is C17H27BrN2O. The summed E-state index contributed by atoms with van der Waals surface area (Å²) in [6.45, 7) is 4.76. The largest absolute Gasteiger partial charge is 0.493 e. The van der Waals surface area contributed by atoms with Gasteiger partial charge in [-0.15, -0.1) is 0 Å².